The van der Waals surface area contributed by atoms with Crippen LogP contribution < -0.4 is 0 Å². The molecule has 140 valence electrons. The number of rotatable bonds is 4. The quantitative estimate of drug-likeness (QED) is 0.580. The fraction of sp³-hybridized carbons (Fsp3) is 0.238. The van der Waals surface area contributed by atoms with Gasteiger partial charge in [-0.05, 0) is 49.7 Å². The molecular weight excluding hydrogens is 356 g/mol. The highest BCUT2D eigenvalue weighted by Gasteiger charge is 2.27. The zero-order chi connectivity index (χ0) is 19.3. The molecule has 1 atom stereocenters. The summed E-state index contributed by atoms with van der Waals surface area (Å²) in [4.78, 5) is 20.0. The van der Waals surface area contributed by atoms with Crippen LogP contribution in [-0.4, -0.2) is 30.8 Å². The van der Waals surface area contributed by atoms with Crippen LogP contribution in [0.25, 0.3) is 33.9 Å². The van der Waals surface area contributed by atoms with Crippen molar-refractivity contribution in [1.82, 2.24) is 19.7 Å². The SMILES string of the molecule is Cc1cccc(-c2nc(-c3ccc4c(c3)cc3n4CC[C@@H]3CC(=O)O)no2)n1. The van der Waals surface area contributed by atoms with E-state index in [0.29, 0.717) is 17.4 Å². The van der Waals surface area contributed by atoms with Gasteiger partial charge in [0.2, 0.25) is 5.82 Å². The Morgan fingerprint density at radius 2 is 2.14 bits per heavy atom. The van der Waals surface area contributed by atoms with Crippen molar-refractivity contribution in [3.63, 3.8) is 0 Å². The minimum Gasteiger partial charge on any atom is -0.481 e. The molecule has 5 rings (SSSR count). The molecule has 4 heterocycles. The first kappa shape index (κ1) is 16.7. The van der Waals surface area contributed by atoms with Gasteiger partial charge in [0, 0.05) is 40.3 Å². The molecule has 3 aromatic heterocycles. The Balaban J connectivity index is 1.50. The number of aromatic nitrogens is 4. The molecule has 0 spiro atoms. The average molecular weight is 374 g/mol. The van der Waals surface area contributed by atoms with E-state index in [4.69, 9.17) is 9.63 Å². The Hall–Kier alpha value is -3.48. The number of carbonyl (C=O) groups is 1. The Morgan fingerprint density at radius 3 is 2.96 bits per heavy atom. The molecule has 7 heteroatoms. The molecule has 0 saturated carbocycles. The Bertz CT molecular complexity index is 1210. The molecule has 7 nitrogen and oxygen atoms in total. The molecule has 1 aromatic carbocycles. The van der Waals surface area contributed by atoms with Gasteiger partial charge < -0.3 is 14.2 Å². The highest BCUT2D eigenvalue weighted by atomic mass is 16.5. The predicted octanol–water partition coefficient (Wildman–Crippen LogP) is 4.02. The van der Waals surface area contributed by atoms with Crippen molar-refractivity contribution in [2.75, 3.05) is 0 Å². The molecule has 0 saturated heterocycles. The van der Waals surface area contributed by atoms with Crippen LogP contribution >= 0.6 is 0 Å². The summed E-state index contributed by atoms with van der Waals surface area (Å²) in [5.74, 6) is 0.208. The summed E-state index contributed by atoms with van der Waals surface area (Å²) in [6.45, 7) is 2.76. The van der Waals surface area contributed by atoms with Crippen molar-refractivity contribution < 1.29 is 14.4 Å². The first-order chi connectivity index (χ1) is 13.6. The van der Waals surface area contributed by atoms with E-state index in [1.54, 1.807) is 0 Å². The topological polar surface area (TPSA) is 94.0 Å². The van der Waals surface area contributed by atoms with Crippen LogP contribution in [0.5, 0.6) is 0 Å². The number of pyridine rings is 1. The first-order valence-corrected chi connectivity index (χ1v) is 9.21. The summed E-state index contributed by atoms with van der Waals surface area (Å²) in [6, 6.07) is 13.8. The van der Waals surface area contributed by atoms with Crippen LogP contribution in [-0.2, 0) is 11.3 Å². The molecule has 1 aliphatic heterocycles. The van der Waals surface area contributed by atoms with Gasteiger partial charge in [-0.25, -0.2) is 4.98 Å². The standard InChI is InChI=1S/C21H18N4O3/c1-12-3-2-4-16(22-12)21-23-20(24-28-21)14-5-6-17-15(9-14)10-18-13(11-19(26)27)7-8-25(17)18/h2-6,9-10,13H,7-8,11H2,1H3,(H,26,27)/t13-/m1/s1. The summed E-state index contributed by atoms with van der Waals surface area (Å²) in [6.07, 6.45) is 1.04. The van der Waals surface area contributed by atoms with E-state index < -0.39 is 5.97 Å². The number of aryl methyl sites for hydroxylation is 2. The van der Waals surface area contributed by atoms with Crippen molar-refractivity contribution in [3.8, 4) is 23.0 Å². The Labute approximate surface area is 160 Å². The number of fused-ring (bicyclic) bond motifs is 3. The van der Waals surface area contributed by atoms with Gasteiger partial charge >= 0.3 is 5.97 Å². The zero-order valence-electron chi connectivity index (χ0n) is 15.3. The van der Waals surface area contributed by atoms with Crippen molar-refractivity contribution >= 4 is 16.9 Å². The number of benzene rings is 1. The van der Waals surface area contributed by atoms with E-state index in [0.717, 1.165) is 40.8 Å². The largest absolute Gasteiger partial charge is 0.481 e. The second-order valence-electron chi connectivity index (χ2n) is 7.17. The van der Waals surface area contributed by atoms with Crippen molar-refractivity contribution in [1.29, 1.82) is 0 Å². The minimum absolute atomic E-state index is 0.0672. The third-order valence-electron chi connectivity index (χ3n) is 5.27. The van der Waals surface area contributed by atoms with E-state index >= 15 is 0 Å². The van der Waals surface area contributed by atoms with Crippen LogP contribution in [0, 0.1) is 6.92 Å². The monoisotopic (exact) mass is 374 g/mol. The highest BCUT2D eigenvalue weighted by molar-refractivity contribution is 5.86. The smallest absolute Gasteiger partial charge is 0.304 e. The summed E-state index contributed by atoms with van der Waals surface area (Å²) in [5.41, 5.74) is 4.59. The van der Waals surface area contributed by atoms with E-state index in [9.17, 15) is 4.79 Å². The van der Waals surface area contributed by atoms with Crippen molar-refractivity contribution in [2.45, 2.75) is 32.2 Å². The summed E-state index contributed by atoms with van der Waals surface area (Å²) >= 11 is 0. The lowest BCUT2D eigenvalue weighted by molar-refractivity contribution is -0.137. The van der Waals surface area contributed by atoms with Gasteiger partial charge in [0.25, 0.3) is 5.89 Å². The van der Waals surface area contributed by atoms with Gasteiger partial charge in [-0.2, -0.15) is 4.98 Å². The molecule has 1 aliphatic rings. The second kappa shape index (κ2) is 6.30. The predicted molar refractivity (Wildman–Crippen MR) is 103 cm³/mol. The maximum atomic E-state index is 11.1. The first-order valence-electron chi connectivity index (χ1n) is 9.21. The normalized spacial score (nSPS) is 15.8. The van der Waals surface area contributed by atoms with Crippen LogP contribution in [0.1, 0.15) is 30.1 Å². The second-order valence-corrected chi connectivity index (χ2v) is 7.17. The lowest BCUT2D eigenvalue weighted by Gasteiger charge is -2.04. The molecule has 0 amide bonds. The van der Waals surface area contributed by atoms with Crippen LogP contribution in [0.3, 0.4) is 0 Å². The number of carboxylic acid groups (broad SMARTS) is 1. The van der Waals surface area contributed by atoms with Gasteiger partial charge in [0.15, 0.2) is 0 Å². The van der Waals surface area contributed by atoms with E-state index in [1.165, 1.54) is 0 Å². The lowest BCUT2D eigenvalue weighted by Crippen LogP contribution is -2.02. The van der Waals surface area contributed by atoms with Crippen LogP contribution in [0.4, 0.5) is 0 Å². The molecule has 4 aromatic rings. The molecule has 28 heavy (non-hydrogen) atoms. The Morgan fingerprint density at radius 1 is 1.25 bits per heavy atom. The molecular formula is C21H18N4O3. The maximum absolute atomic E-state index is 11.1. The Kier molecular flexibility index (Phi) is 3.75. The minimum atomic E-state index is -0.756. The molecule has 1 N–H and O–H groups in total. The molecule has 0 bridgehead atoms. The van der Waals surface area contributed by atoms with E-state index in [1.807, 2.05) is 43.3 Å². The molecule has 0 aliphatic carbocycles. The average Bonchev–Trinajstić information content (AvgIpc) is 3.37. The van der Waals surface area contributed by atoms with Crippen LogP contribution in [0.2, 0.25) is 0 Å². The molecule has 0 fully saturated rings. The van der Waals surface area contributed by atoms with Gasteiger partial charge in [0.1, 0.15) is 5.69 Å². The van der Waals surface area contributed by atoms with Gasteiger partial charge in [0.05, 0.1) is 6.42 Å². The highest BCUT2D eigenvalue weighted by Crippen LogP contribution is 2.37. The van der Waals surface area contributed by atoms with Gasteiger partial charge in [-0.15, -0.1) is 0 Å². The lowest BCUT2D eigenvalue weighted by atomic mass is 10.0. The number of nitrogens with zero attached hydrogens (tertiary/aromatic N) is 4. The third-order valence-corrected chi connectivity index (χ3v) is 5.27. The van der Waals surface area contributed by atoms with Crippen molar-refractivity contribution in [2.24, 2.45) is 0 Å². The zero-order valence-corrected chi connectivity index (χ0v) is 15.3. The number of aliphatic carboxylic acids is 1. The number of carboxylic acids is 1. The number of hydrogen-bond donors (Lipinski definition) is 1. The van der Waals surface area contributed by atoms with E-state index in [2.05, 4.69) is 25.8 Å². The summed E-state index contributed by atoms with van der Waals surface area (Å²) in [7, 11) is 0. The van der Waals surface area contributed by atoms with Crippen molar-refractivity contribution in [3.05, 3.63) is 53.9 Å². The number of hydrogen-bond acceptors (Lipinski definition) is 5. The van der Waals surface area contributed by atoms with Crippen LogP contribution in [0.15, 0.2) is 47.0 Å². The molecule has 0 radical (unpaired) electrons. The fourth-order valence-electron chi connectivity index (χ4n) is 3.98. The maximum Gasteiger partial charge on any atom is 0.304 e. The van der Waals surface area contributed by atoms with Gasteiger partial charge in [-0.3, -0.25) is 4.79 Å². The third kappa shape index (κ3) is 2.76. The summed E-state index contributed by atoms with van der Waals surface area (Å²) in [5, 5.41) is 14.3. The van der Waals surface area contributed by atoms with Gasteiger partial charge in [-0.1, -0.05) is 11.2 Å². The van der Waals surface area contributed by atoms with E-state index in [-0.39, 0.29) is 12.3 Å². The summed E-state index contributed by atoms with van der Waals surface area (Å²) < 4.78 is 7.61. The molecule has 0 unspecified atom stereocenters. The fourth-order valence-corrected chi connectivity index (χ4v) is 3.98.